The number of benzene rings is 3. The Bertz CT molecular complexity index is 1220. The van der Waals surface area contributed by atoms with Gasteiger partial charge in [-0.3, -0.25) is 9.52 Å². The van der Waals surface area contributed by atoms with E-state index in [0.717, 1.165) is 11.1 Å². The molecule has 0 unspecified atom stereocenters. The van der Waals surface area contributed by atoms with E-state index in [4.69, 9.17) is 9.47 Å². The Labute approximate surface area is 174 Å². The van der Waals surface area contributed by atoms with E-state index in [1.807, 2.05) is 19.9 Å². The van der Waals surface area contributed by atoms with Crippen LogP contribution in [0.4, 0.5) is 11.4 Å². The predicted octanol–water partition coefficient (Wildman–Crippen LogP) is 4.09. The molecule has 1 aliphatic heterocycles. The lowest BCUT2D eigenvalue weighted by Gasteiger charge is -2.11. The average molecular weight is 424 g/mol. The molecule has 0 saturated heterocycles. The van der Waals surface area contributed by atoms with Crippen molar-refractivity contribution in [1.29, 1.82) is 0 Å². The molecule has 0 aromatic heterocycles. The number of aryl methyl sites for hydroxylation is 2. The predicted molar refractivity (Wildman–Crippen MR) is 114 cm³/mol. The third kappa shape index (κ3) is 4.08. The van der Waals surface area contributed by atoms with Crippen molar-refractivity contribution in [2.24, 2.45) is 0 Å². The molecule has 2 N–H and O–H groups in total. The maximum Gasteiger partial charge on any atom is 0.261 e. The Morgan fingerprint density at radius 1 is 0.833 bits per heavy atom. The van der Waals surface area contributed by atoms with Crippen LogP contribution in [0.2, 0.25) is 0 Å². The molecule has 154 valence electrons. The number of amides is 1. The number of ether oxygens (including phenoxy) is 2. The first-order valence-electron chi connectivity index (χ1n) is 9.23. The summed E-state index contributed by atoms with van der Waals surface area (Å²) in [4.78, 5) is 12.6. The van der Waals surface area contributed by atoms with Gasteiger partial charge in [-0.25, -0.2) is 8.42 Å². The van der Waals surface area contributed by atoms with Crippen molar-refractivity contribution >= 4 is 27.3 Å². The van der Waals surface area contributed by atoms with Crippen LogP contribution in [0.25, 0.3) is 0 Å². The Hall–Kier alpha value is -3.52. The van der Waals surface area contributed by atoms with E-state index in [1.54, 1.807) is 30.3 Å². The Morgan fingerprint density at radius 3 is 2.27 bits per heavy atom. The molecule has 0 spiro atoms. The highest BCUT2D eigenvalue weighted by Crippen LogP contribution is 2.34. The van der Waals surface area contributed by atoms with Crippen LogP contribution in [0.3, 0.4) is 0 Å². The first-order valence-corrected chi connectivity index (χ1v) is 10.7. The monoisotopic (exact) mass is 424 g/mol. The lowest BCUT2D eigenvalue weighted by Crippen LogP contribution is -2.15. The summed E-state index contributed by atoms with van der Waals surface area (Å²) in [6.45, 7) is 4.03. The van der Waals surface area contributed by atoms with E-state index in [1.165, 1.54) is 24.3 Å². The SMILES string of the molecule is Cc1ccc(NS(=O)(=O)c2ccc(C(=O)Nc3ccc4c(c3)OCO4)cc2)cc1C. The second kappa shape index (κ2) is 7.72. The van der Waals surface area contributed by atoms with Gasteiger partial charge in [0.1, 0.15) is 0 Å². The summed E-state index contributed by atoms with van der Waals surface area (Å²) in [6.07, 6.45) is 0. The number of rotatable bonds is 5. The standard InChI is InChI=1S/C22H20N2O5S/c1-14-3-6-18(11-15(14)2)24-30(26,27)19-8-4-16(5-9-19)22(25)23-17-7-10-20-21(12-17)29-13-28-20/h3-12,24H,13H2,1-2H3,(H,23,25). The smallest absolute Gasteiger partial charge is 0.261 e. The zero-order chi connectivity index (χ0) is 21.3. The molecule has 1 aliphatic rings. The van der Waals surface area contributed by atoms with Gasteiger partial charge in [0.2, 0.25) is 6.79 Å². The molecule has 7 nitrogen and oxygen atoms in total. The number of hydrogen-bond acceptors (Lipinski definition) is 5. The van der Waals surface area contributed by atoms with Gasteiger partial charge in [0, 0.05) is 23.0 Å². The van der Waals surface area contributed by atoms with Crippen LogP contribution in [0.5, 0.6) is 11.5 Å². The fourth-order valence-corrected chi connectivity index (χ4v) is 4.03. The Balaban J connectivity index is 1.47. The van der Waals surface area contributed by atoms with Crippen LogP contribution in [-0.4, -0.2) is 21.1 Å². The minimum atomic E-state index is -3.76. The molecule has 1 heterocycles. The van der Waals surface area contributed by atoms with Gasteiger partial charge in [-0.05, 0) is 73.5 Å². The first kappa shape index (κ1) is 19.8. The molecule has 0 bridgehead atoms. The molecule has 0 atom stereocenters. The van der Waals surface area contributed by atoms with E-state index < -0.39 is 10.0 Å². The van der Waals surface area contributed by atoms with Crippen LogP contribution in [0.1, 0.15) is 21.5 Å². The minimum absolute atomic E-state index is 0.0698. The largest absolute Gasteiger partial charge is 0.454 e. The zero-order valence-electron chi connectivity index (χ0n) is 16.4. The van der Waals surface area contributed by atoms with E-state index in [2.05, 4.69) is 10.0 Å². The molecule has 0 radical (unpaired) electrons. The van der Waals surface area contributed by atoms with Crippen LogP contribution in [0.15, 0.2) is 65.6 Å². The van der Waals surface area contributed by atoms with Crippen molar-refractivity contribution in [3.8, 4) is 11.5 Å². The number of fused-ring (bicyclic) bond motifs is 1. The third-order valence-corrected chi connectivity index (χ3v) is 6.21. The van der Waals surface area contributed by atoms with E-state index in [0.29, 0.717) is 28.4 Å². The maximum atomic E-state index is 12.6. The summed E-state index contributed by atoms with van der Waals surface area (Å²) in [5.41, 5.74) is 3.44. The summed E-state index contributed by atoms with van der Waals surface area (Å²) in [5.74, 6) is 0.824. The lowest BCUT2D eigenvalue weighted by molar-refractivity contribution is 0.102. The fourth-order valence-electron chi connectivity index (χ4n) is 2.98. The number of carbonyl (C=O) groups is 1. The summed E-state index contributed by atoms with van der Waals surface area (Å²) >= 11 is 0. The van der Waals surface area contributed by atoms with Crippen molar-refractivity contribution in [3.05, 3.63) is 77.4 Å². The fraction of sp³-hybridized carbons (Fsp3) is 0.136. The third-order valence-electron chi connectivity index (χ3n) is 4.82. The number of nitrogens with one attached hydrogen (secondary N) is 2. The van der Waals surface area contributed by atoms with Crippen LogP contribution in [0, 0.1) is 13.8 Å². The Kier molecular flexibility index (Phi) is 5.09. The number of carbonyl (C=O) groups excluding carboxylic acids is 1. The van der Waals surface area contributed by atoms with Gasteiger partial charge < -0.3 is 14.8 Å². The van der Waals surface area contributed by atoms with E-state index in [-0.39, 0.29) is 17.6 Å². The molecule has 0 fully saturated rings. The van der Waals surface area contributed by atoms with Crippen molar-refractivity contribution in [1.82, 2.24) is 0 Å². The van der Waals surface area contributed by atoms with Crippen molar-refractivity contribution in [2.75, 3.05) is 16.8 Å². The quantitative estimate of drug-likeness (QED) is 0.644. The average Bonchev–Trinajstić information content (AvgIpc) is 3.18. The second-order valence-corrected chi connectivity index (χ2v) is 8.63. The van der Waals surface area contributed by atoms with Crippen molar-refractivity contribution < 1.29 is 22.7 Å². The molecule has 8 heteroatoms. The topological polar surface area (TPSA) is 93.7 Å². The van der Waals surface area contributed by atoms with Crippen molar-refractivity contribution in [3.63, 3.8) is 0 Å². The summed E-state index contributed by atoms with van der Waals surface area (Å²) < 4.78 is 38.4. The van der Waals surface area contributed by atoms with Gasteiger partial charge in [0.15, 0.2) is 11.5 Å². The van der Waals surface area contributed by atoms with Gasteiger partial charge in [-0.1, -0.05) is 6.07 Å². The second-order valence-electron chi connectivity index (χ2n) is 6.95. The van der Waals surface area contributed by atoms with E-state index >= 15 is 0 Å². The highest BCUT2D eigenvalue weighted by atomic mass is 32.2. The number of sulfonamides is 1. The number of hydrogen-bond donors (Lipinski definition) is 2. The maximum absolute atomic E-state index is 12.6. The number of anilines is 2. The van der Waals surface area contributed by atoms with Crippen molar-refractivity contribution in [2.45, 2.75) is 18.7 Å². The molecule has 0 aliphatic carbocycles. The first-order chi connectivity index (χ1) is 14.3. The Morgan fingerprint density at radius 2 is 1.53 bits per heavy atom. The van der Waals surface area contributed by atoms with Crippen LogP contribution >= 0.6 is 0 Å². The molecular formula is C22H20N2O5S. The van der Waals surface area contributed by atoms with Gasteiger partial charge in [-0.15, -0.1) is 0 Å². The van der Waals surface area contributed by atoms with Gasteiger partial charge in [0.05, 0.1) is 4.90 Å². The highest BCUT2D eigenvalue weighted by molar-refractivity contribution is 7.92. The summed E-state index contributed by atoms with van der Waals surface area (Å²) in [5, 5.41) is 2.76. The molecule has 30 heavy (non-hydrogen) atoms. The molecule has 3 aromatic carbocycles. The molecule has 4 rings (SSSR count). The van der Waals surface area contributed by atoms with Crippen LogP contribution in [-0.2, 0) is 10.0 Å². The minimum Gasteiger partial charge on any atom is -0.454 e. The molecule has 0 saturated carbocycles. The van der Waals surface area contributed by atoms with E-state index in [9.17, 15) is 13.2 Å². The molecule has 3 aromatic rings. The summed E-state index contributed by atoms with van der Waals surface area (Å²) in [6, 6.07) is 16.2. The lowest BCUT2D eigenvalue weighted by atomic mass is 10.1. The van der Waals surface area contributed by atoms with Gasteiger partial charge in [-0.2, -0.15) is 0 Å². The van der Waals surface area contributed by atoms with Gasteiger partial charge >= 0.3 is 0 Å². The summed E-state index contributed by atoms with van der Waals surface area (Å²) in [7, 11) is -3.76. The van der Waals surface area contributed by atoms with Crippen LogP contribution < -0.4 is 19.5 Å². The normalized spacial score (nSPS) is 12.5. The van der Waals surface area contributed by atoms with Gasteiger partial charge in [0.25, 0.3) is 15.9 Å². The zero-order valence-corrected chi connectivity index (χ0v) is 17.2. The highest BCUT2D eigenvalue weighted by Gasteiger charge is 2.17. The molecule has 1 amide bonds. The molecular weight excluding hydrogens is 404 g/mol.